The highest BCUT2D eigenvalue weighted by atomic mass is 16.5. The van der Waals surface area contributed by atoms with Crippen LogP contribution in [0.25, 0.3) is 0 Å². The van der Waals surface area contributed by atoms with E-state index in [0.717, 1.165) is 37.0 Å². The number of hydrogen-bond acceptors (Lipinski definition) is 3. The SMILES string of the molecule is COc1cccc(CC(=O)C2(N)CCCC2)c1. The van der Waals surface area contributed by atoms with E-state index < -0.39 is 5.54 Å². The minimum Gasteiger partial charge on any atom is -0.497 e. The maximum absolute atomic E-state index is 12.2. The second-order valence-electron chi connectivity index (χ2n) is 4.81. The van der Waals surface area contributed by atoms with E-state index in [0.29, 0.717) is 6.42 Å². The molecule has 0 radical (unpaired) electrons. The van der Waals surface area contributed by atoms with Crippen molar-refractivity contribution in [3.05, 3.63) is 29.8 Å². The summed E-state index contributed by atoms with van der Waals surface area (Å²) in [7, 11) is 1.63. The van der Waals surface area contributed by atoms with Gasteiger partial charge in [-0.2, -0.15) is 0 Å². The summed E-state index contributed by atoms with van der Waals surface area (Å²) in [6.45, 7) is 0. The van der Waals surface area contributed by atoms with Crippen molar-refractivity contribution in [1.82, 2.24) is 0 Å². The van der Waals surface area contributed by atoms with E-state index >= 15 is 0 Å². The van der Waals surface area contributed by atoms with Crippen molar-refractivity contribution < 1.29 is 9.53 Å². The maximum Gasteiger partial charge on any atom is 0.156 e. The quantitative estimate of drug-likeness (QED) is 0.866. The molecule has 2 N–H and O–H groups in total. The monoisotopic (exact) mass is 233 g/mol. The van der Waals surface area contributed by atoms with Crippen molar-refractivity contribution in [3.8, 4) is 5.75 Å². The molecular weight excluding hydrogens is 214 g/mol. The molecule has 1 aromatic rings. The topological polar surface area (TPSA) is 52.3 Å². The Hall–Kier alpha value is -1.35. The molecule has 0 heterocycles. The molecule has 1 aliphatic rings. The van der Waals surface area contributed by atoms with Crippen LogP contribution in [0.1, 0.15) is 31.2 Å². The standard InChI is InChI=1S/C14H19NO2/c1-17-12-6-4-5-11(9-12)10-13(16)14(15)7-2-3-8-14/h4-6,9H,2-3,7-8,10,15H2,1H3. The van der Waals surface area contributed by atoms with Gasteiger partial charge in [-0.05, 0) is 30.5 Å². The van der Waals surface area contributed by atoms with Gasteiger partial charge in [-0.3, -0.25) is 4.79 Å². The van der Waals surface area contributed by atoms with Crippen LogP contribution in [0.4, 0.5) is 0 Å². The van der Waals surface area contributed by atoms with Crippen LogP contribution in [-0.2, 0) is 11.2 Å². The lowest BCUT2D eigenvalue weighted by Crippen LogP contribution is -2.46. The summed E-state index contributed by atoms with van der Waals surface area (Å²) in [5.74, 6) is 0.941. The minimum atomic E-state index is -0.580. The zero-order chi connectivity index (χ0) is 12.3. The first-order valence-electron chi connectivity index (χ1n) is 6.09. The third-order valence-electron chi connectivity index (χ3n) is 3.55. The fourth-order valence-corrected chi connectivity index (χ4v) is 2.43. The van der Waals surface area contributed by atoms with Gasteiger partial charge >= 0.3 is 0 Å². The van der Waals surface area contributed by atoms with Crippen LogP contribution < -0.4 is 10.5 Å². The number of nitrogens with two attached hydrogens (primary N) is 1. The number of Topliss-reactive ketones (excluding diaryl/α,β-unsaturated/α-hetero) is 1. The molecule has 0 bridgehead atoms. The average Bonchev–Trinajstić information content (AvgIpc) is 2.78. The molecule has 0 aliphatic heterocycles. The van der Waals surface area contributed by atoms with E-state index in [1.165, 1.54) is 0 Å². The summed E-state index contributed by atoms with van der Waals surface area (Å²) < 4.78 is 5.14. The van der Waals surface area contributed by atoms with Gasteiger partial charge in [0.25, 0.3) is 0 Å². The van der Waals surface area contributed by atoms with Crippen LogP contribution >= 0.6 is 0 Å². The molecule has 1 fully saturated rings. The number of carbonyl (C=O) groups excluding carboxylic acids is 1. The van der Waals surface area contributed by atoms with E-state index in [4.69, 9.17) is 10.5 Å². The molecule has 1 aromatic carbocycles. The molecule has 1 aliphatic carbocycles. The normalized spacial score (nSPS) is 18.0. The minimum absolute atomic E-state index is 0.156. The van der Waals surface area contributed by atoms with Crippen molar-refractivity contribution >= 4 is 5.78 Å². The molecule has 0 saturated heterocycles. The van der Waals surface area contributed by atoms with Crippen molar-refractivity contribution in [2.75, 3.05) is 7.11 Å². The molecule has 3 heteroatoms. The molecule has 0 unspecified atom stereocenters. The van der Waals surface area contributed by atoms with Crippen LogP contribution in [0.2, 0.25) is 0 Å². The van der Waals surface area contributed by atoms with Gasteiger partial charge in [0.1, 0.15) is 5.75 Å². The van der Waals surface area contributed by atoms with Crippen molar-refractivity contribution in [2.45, 2.75) is 37.6 Å². The first kappa shape index (κ1) is 12.1. The van der Waals surface area contributed by atoms with E-state index in [-0.39, 0.29) is 5.78 Å². The fourth-order valence-electron chi connectivity index (χ4n) is 2.43. The molecule has 3 nitrogen and oxygen atoms in total. The summed E-state index contributed by atoms with van der Waals surface area (Å²) in [5, 5.41) is 0. The average molecular weight is 233 g/mol. The van der Waals surface area contributed by atoms with Gasteiger partial charge in [0.15, 0.2) is 5.78 Å². The Labute approximate surface area is 102 Å². The van der Waals surface area contributed by atoms with E-state index in [1.807, 2.05) is 24.3 Å². The molecule has 0 amide bonds. The van der Waals surface area contributed by atoms with Crippen LogP contribution in [0.5, 0.6) is 5.75 Å². The number of benzene rings is 1. The Kier molecular flexibility index (Phi) is 3.48. The lowest BCUT2D eigenvalue weighted by molar-refractivity contribution is -0.123. The van der Waals surface area contributed by atoms with Gasteiger partial charge in [-0.15, -0.1) is 0 Å². The van der Waals surface area contributed by atoms with Gasteiger partial charge in [0, 0.05) is 6.42 Å². The summed E-state index contributed by atoms with van der Waals surface area (Å²) in [4.78, 5) is 12.2. The van der Waals surface area contributed by atoms with Gasteiger partial charge in [0.2, 0.25) is 0 Å². The maximum atomic E-state index is 12.2. The number of rotatable bonds is 4. The molecule has 0 atom stereocenters. The second kappa shape index (κ2) is 4.88. The van der Waals surface area contributed by atoms with Gasteiger partial charge in [-0.1, -0.05) is 25.0 Å². The number of ether oxygens (including phenoxy) is 1. The molecule has 2 rings (SSSR count). The summed E-state index contributed by atoms with van der Waals surface area (Å²) in [6, 6.07) is 7.62. The molecule has 1 saturated carbocycles. The van der Waals surface area contributed by atoms with Gasteiger partial charge < -0.3 is 10.5 Å². The molecule has 17 heavy (non-hydrogen) atoms. The lowest BCUT2D eigenvalue weighted by atomic mass is 9.89. The van der Waals surface area contributed by atoms with Crippen molar-refractivity contribution in [3.63, 3.8) is 0 Å². The Morgan fingerprint density at radius 2 is 2.12 bits per heavy atom. The Bertz CT molecular complexity index is 408. The summed E-state index contributed by atoms with van der Waals surface area (Å²) in [5.41, 5.74) is 6.54. The number of ketones is 1. The number of carbonyl (C=O) groups is 1. The fraction of sp³-hybridized carbons (Fsp3) is 0.500. The van der Waals surface area contributed by atoms with Crippen LogP contribution in [0.3, 0.4) is 0 Å². The molecule has 0 spiro atoms. The zero-order valence-electron chi connectivity index (χ0n) is 10.2. The third kappa shape index (κ3) is 2.67. The van der Waals surface area contributed by atoms with Gasteiger partial charge in [0.05, 0.1) is 12.6 Å². The summed E-state index contributed by atoms with van der Waals surface area (Å²) >= 11 is 0. The van der Waals surface area contributed by atoms with Crippen molar-refractivity contribution in [2.24, 2.45) is 5.73 Å². The zero-order valence-corrected chi connectivity index (χ0v) is 10.2. The lowest BCUT2D eigenvalue weighted by Gasteiger charge is -2.21. The van der Waals surface area contributed by atoms with Crippen LogP contribution in [0.15, 0.2) is 24.3 Å². The Morgan fingerprint density at radius 3 is 2.76 bits per heavy atom. The molecular formula is C14H19NO2. The van der Waals surface area contributed by atoms with Crippen LogP contribution in [-0.4, -0.2) is 18.4 Å². The second-order valence-corrected chi connectivity index (χ2v) is 4.81. The largest absolute Gasteiger partial charge is 0.497 e. The smallest absolute Gasteiger partial charge is 0.156 e. The highest BCUT2D eigenvalue weighted by Gasteiger charge is 2.36. The Morgan fingerprint density at radius 1 is 1.41 bits per heavy atom. The Balaban J connectivity index is 2.07. The van der Waals surface area contributed by atoms with E-state index in [9.17, 15) is 4.79 Å². The van der Waals surface area contributed by atoms with Crippen LogP contribution in [0, 0.1) is 0 Å². The highest BCUT2D eigenvalue weighted by molar-refractivity contribution is 5.90. The first-order chi connectivity index (χ1) is 8.14. The third-order valence-corrected chi connectivity index (χ3v) is 3.55. The van der Waals surface area contributed by atoms with E-state index in [1.54, 1.807) is 7.11 Å². The molecule has 92 valence electrons. The number of hydrogen-bond donors (Lipinski definition) is 1. The van der Waals surface area contributed by atoms with Crippen molar-refractivity contribution in [1.29, 1.82) is 0 Å². The highest BCUT2D eigenvalue weighted by Crippen LogP contribution is 2.29. The number of methoxy groups -OCH3 is 1. The predicted molar refractivity (Wildman–Crippen MR) is 67.1 cm³/mol. The predicted octanol–water partition coefficient (Wildman–Crippen LogP) is 2.08. The van der Waals surface area contributed by atoms with Gasteiger partial charge in [-0.25, -0.2) is 0 Å². The first-order valence-corrected chi connectivity index (χ1v) is 6.09. The summed E-state index contributed by atoms with van der Waals surface area (Å²) in [6.07, 6.45) is 4.21. The molecule has 0 aromatic heterocycles. The van der Waals surface area contributed by atoms with E-state index in [2.05, 4.69) is 0 Å².